The predicted octanol–water partition coefficient (Wildman–Crippen LogP) is 4.00. The van der Waals surface area contributed by atoms with Crippen molar-refractivity contribution in [3.63, 3.8) is 0 Å². The second-order valence-corrected chi connectivity index (χ2v) is 5.28. The molecule has 0 spiro atoms. The molecule has 0 bridgehead atoms. The zero-order chi connectivity index (χ0) is 14.8. The second-order valence-electron chi connectivity index (χ2n) is 4.87. The fourth-order valence-electron chi connectivity index (χ4n) is 2.69. The largest absolute Gasteiger partial charge is 0.464 e. The van der Waals surface area contributed by atoms with E-state index >= 15 is 0 Å². The monoisotopic (exact) mass is 303 g/mol. The van der Waals surface area contributed by atoms with Crippen LogP contribution in [0.25, 0.3) is 11.0 Å². The number of aryl methyl sites for hydroxylation is 1. The molecule has 0 aliphatic rings. The van der Waals surface area contributed by atoms with Crippen LogP contribution in [0, 0.1) is 0 Å². The van der Waals surface area contributed by atoms with E-state index in [4.69, 9.17) is 16.0 Å². The first-order valence-electron chi connectivity index (χ1n) is 7.17. The van der Waals surface area contributed by atoms with E-state index in [0.29, 0.717) is 5.02 Å². The maximum atomic E-state index is 6.37. The molecule has 3 rings (SSSR count). The highest BCUT2D eigenvalue weighted by molar-refractivity contribution is 6.31. The van der Waals surface area contributed by atoms with E-state index in [0.717, 1.165) is 35.3 Å². The molecule has 0 aliphatic heterocycles. The Hall–Kier alpha value is -1.78. The smallest absolute Gasteiger partial charge is 0.134 e. The van der Waals surface area contributed by atoms with Crippen molar-refractivity contribution in [3.05, 3.63) is 53.0 Å². The normalized spacial score (nSPS) is 12.9. The highest BCUT2D eigenvalue weighted by Gasteiger charge is 2.24. The molecule has 0 saturated heterocycles. The zero-order valence-corrected chi connectivity index (χ0v) is 12.9. The summed E-state index contributed by atoms with van der Waals surface area (Å²) in [6.45, 7) is 5.74. The molecule has 21 heavy (non-hydrogen) atoms. The Balaban J connectivity index is 2.16. The SMILES string of the molecule is CCNC(c1coc2ccccc12)c1c(Cl)cnn1CC. The minimum atomic E-state index is -0.0337. The molecular formula is C16H18ClN3O. The molecular weight excluding hydrogens is 286 g/mol. The van der Waals surface area contributed by atoms with Crippen molar-refractivity contribution >= 4 is 22.6 Å². The van der Waals surface area contributed by atoms with Gasteiger partial charge in [0.25, 0.3) is 0 Å². The lowest BCUT2D eigenvalue weighted by atomic mass is 10.0. The topological polar surface area (TPSA) is 43.0 Å². The number of benzene rings is 1. The fraction of sp³-hybridized carbons (Fsp3) is 0.312. The second kappa shape index (κ2) is 5.92. The summed E-state index contributed by atoms with van der Waals surface area (Å²) in [7, 11) is 0. The molecule has 1 aromatic carbocycles. The fourth-order valence-corrected chi connectivity index (χ4v) is 2.94. The Kier molecular flexibility index (Phi) is 3.99. The third-order valence-electron chi connectivity index (χ3n) is 3.64. The molecule has 1 atom stereocenters. The molecule has 1 N–H and O–H groups in total. The van der Waals surface area contributed by atoms with Gasteiger partial charge in [-0.15, -0.1) is 0 Å². The van der Waals surface area contributed by atoms with E-state index in [1.165, 1.54) is 0 Å². The number of aromatic nitrogens is 2. The molecule has 0 aliphatic carbocycles. The highest BCUT2D eigenvalue weighted by atomic mass is 35.5. The lowest BCUT2D eigenvalue weighted by Crippen LogP contribution is -2.25. The van der Waals surface area contributed by atoms with Crippen molar-refractivity contribution in [1.29, 1.82) is 0 Å². The van der Waals surface area contributed by atoms with Gasteiger partial charge in [0, 0.05) is 17.5 Å². The van der Waals surface area contributed by atoms with Crippen molar-refractivity contribution in [2.24, 2.45) is 0 Å². The Morgan fingerprint density at radius 3 is 2.90 bits per heavy atom. The number of hydrogen-bond donors (Lipinski definition) is 1. The molecule has 2 heterocycles. The maximum absolute atomic E-state index is 6.37. The van der Waals surface area contributed by atoms with Crippen LogP contribution < -0.4 is 5.32 Å². The Morgan fingerprint density at radius 2 is 2.14 bits per heavy atom. The standard InChI is InChI=1S/C16H18ClN3O/c1-3-18-15(16-13(17)9-19-20(16)4-2)12-10-21-14-8-6-5-7-11(12)14/h5-10,15,18H,3-4H2,1-2H3. The molecule has 3 aromatic rings. The lowest BCUT2D eigenvalue weighted by Gasteiger charge is -2.19. The highest BCUT2D eigenvalue weighted by Crippen LogP contribution is 2.33. The van der Waals surface area contributed by atoms with Crippen LogP contribution in [0.3, 0.4) is 0 Å². The average molecular weight is 304 g/mol. The van der Waals surface area contributed by atoms with Crippen LogP contribution in [0.15, 0.2) is 41.1 Å². The summed E-state index contributed by atoms with van der Waals surface area (Å²) in [5, 5.41) is 9.61. The van der Waals surface area contributed by atoms with Gasteiger partial charge in [0.05, 0.1) is 29.2 Å². The van der Waals surface area contributed by atoms with E-state index in [1.807, 2.05) is 22.9 Å². The molecule has 110 valence electrons. The summed E-state index contributed by atoms with van der Waals surface area (Å²) in [6, 6.07) is 8.00. The van der Waals surface area contributed by atoms with Crippen molar-refractivity contribution in [2.75, 3.05) is 6.54 Å². The first-order chi connectivity index (χ1) is 10.3. The third-order valence-corrected chi connectivity index (χ3v) is 3.93. The van der Waals surface area contributed by atoms with Gasteiger partial charge in [-0.3, -0.25) is 4.68 Å². The number of hydrogen-bond acceptors (Lipinski definition) is 3. The maximum Gasteiger partial charge on any atom is 0.134 e. The Morgan fingerprint density at radius 1 is 1.33 bits per heavy atom. The van der Waals surface area contributed by atoms with E-state index in [-0.39, 0.29) is 6.04 Å². The third kappa shape index (κ3) is 2.45. The average Bonchev–Trinajstić information content (AvgIpc) is 3.09. The number of para-hydroxylation sites is 1. The van der Waals surface area contributed by atoms with Gasteiger partial charge in [-0.25, -0.2) is 0 Å². The molecule has 4 nitrogen and oxygen atoms in total. The van der Waals surface area contributed by atoms with E-state index in [1.54, 1.807) is 12.5 Å². The van der Waals surface area contributed by atoms with Gasteiger partial charge >= 0.3 is 0 Å². The summed E-state index contributed by atoms with van der Waals surface area (Å²) < 4.78 is 7.60. The first-order valence-corrected chi connectivity index (χ1v) is 7.54. The number of fused-ring (bicyclic) bond motifs is 1. The number of rotatable bonds is 5. The minimum Gasteiger partial charge on any atom is -0.464 e. The number of halogens is 1. The van der Waals surface area contributed by atoms with Crippen molar-refractivity contribution in [3.8, 4) is 0 Å². The van der Waals surface area contributed by atoms with Crippen LogP contribution in [-0.2, 0) is 6.54 Å². The molecule has 0 fully saturated rings. The van der Waals surface area contributed by atoms with Crippen LogP contribution in [-0.4, -0.2) is 16.3 Å². The van der Waals surface area contributed by atoms with Crippen molar-refractivity contribution < 1.29 is 4.42 Å². The van der Waals surface area contributed by atoms with Crippen LogP contribution in [0.1, 0.15) is 31.1 Å². The van der Waals surface area contributed by atoms with Gasteiger partial charge < -0.3 is 9.73 Å². The van der Waals surface area contributed by atoms with E-state index in [9.17, 15) is 0 Å². The summed E-state index contributed by atoms with van der Waals surface area (Å²) in [5.41, 5.74) is 2.95. The molecule has 2 aromatic heterocycles. The minimum absolute atomic E-state index is 0.0337. The summed E-state index contributed by atoms with van der Waals surface area (Å²) >= 11 is 6.37. The van der Waals surface area contributed by atoms with Gasteiger partial charge in [-0.05, 0) is 19.5 Å². The van der Waals surface area contributed by atoms with E-state index in [2.05, 4.69) is 30.3 Å². The molecule has 5 heteroatoms. The quantitative estimate of drug-likeness (QED) is 0.774. The molecule has 0 amide bonds. The molecule has 0 saturated carbocycles. The van der Waals surface area contributed by atoms with Crippen LogP contribution in [0.5, 0.6) is 0 Å². The van der Waals surface area contributed by atoms with Gasteiger partial charge in [-0.2, -0.15) is 5.10 Å². The summed E-state index contributed by atoms with van der Waals surface area (Å²) in [5.74, 6) is 0. The van der Waals surface area contributed by atoms with Gasteiger partial charge in [0.15, 0.2) is 0 Å². The van der Waals surface area contributed by atoms with Crippen molar-refractivity contribution in [1.82, 2.24) is 15.1 Å². The predicted molar refractivity (Wildman–Crippen MR) is 84.6 cm³/mol. The van der Waals surface area contributed by atoms with Gasteiger partial charge in [0.1, 0.15) is 5.58 Å². The lowest BCUT2D eigenvalue weighted by molar-refractivity contribution is 0.534. The molecule has 0 radical (unpaired) electrons. The van der Waals surface area contributed by atoms with Crippen LogP contribution in [0.2, 0.25) is 5.02 Å². The zero-order valence-electron chi connectivity index (χ0n) is 12.1. The Bertz CT molecular complexity index is 747. The van der Waals surface area contributed by atoms with Crippen molar-refractivity contribution in [2.45, 2.75) is 26.4 Å². The summed E-state index contributed by atoms with van der Waals surface area (Å²) in [6.07, 6.45) is 3.51. The van der Waals surface area contributed by atoms with Crippen LogP contribution >= 0.6 is 11.6 Å². The number of furan rings is 1. The number of nitrogens with zero attached hydrogens (tertiary/aromatic N) is 2. The first kappa shape index (κ1) is 14.2. The van der Waals surface area contributed by atoms with E-state index < -0.39 is 0 Å². The summed E-state index contributed by atoms with van der Waals surface area (Å²) in [4.78, 5) is 0. The van der Waals surface area contributed by atoms with Gasteiger partial charge in [-0.1, -0.05) is 36.7 Å². The molecule has 1 unspecified atom stereocenters. The Labute approximate surface area is 128 Å². The number of nitrogens with one attached hydrogen (secondary N) is 1. The van der Waals surface area contributed by atoms with Crippen LogP contribution in [0.4, 0.5) is 0 Å². The van der Waals surface area contributed by atoms with Gasteiger partial charge in [0.2, 0.25) is 0 Å².